The van der Waals surface area contributed by atoms with Crippen molar-refractivity contribution >= 4 is 39.8 Å². The number of benzene rings is 1. The summed E-state index contributed by atoms with van der Waals surface area (Å²) >= 11 is 11.7. The molecule has 1 heterocycles. The molecule has 84 valence electrons. The van der Waals surface area contributed by atoms with E-state index in [0.717, 1.165) is 23.1 Å². The number of hydrogen-bond acceptors (Lipinski definition) is 2. The molecule has 2 nitrogen and oxygen atoms in total. The molecule has 0 aliphatic carbocycles. The molecule has 0 saturated heterocycles. The molecule has 0 spiro atoms. The van der Waals surface area contributed by atoms with Crippen LogP contribution in [0.15, 0.2) is 30.5 Å². The van der Waals surface area contributed by atoms with Gasteiger partial charge in [0.15, 0.2) is 0 Å². The van der Waals surface area contributed by atoms with Crippen LogP contribution in [0.3, 0.4) is 0 Å². The summed E-state index contributed by atoms with van der Waals surface area (Å²) in [5.41, 5.74) is 2.04. The molecule has 2 rings (SSSR count). The first kappa shape index (κ1) is 11.5. The van der Waals surface area contributed by atoms with Crippen molar-refractivity contribution in [3.8, 4) is 0 Å². The van der Waals surface area contributed by atoms with Crippen LogP contribution in [0.1, 0.15) is 0 Å². The molecule has 0 aliphatic rings. The van der Waals surface area contributed by atoms with E-state index in [4.69, 9.17) is 23.2 Å². The Labute approximate surface area is 105 Å². The molecule has 0 amide bonds. The van der Waals surface area contributed by atoms with E-state index >= 15 is 0 Å². The van der Waals surface area contributed by atoms with Gasteiger partial charge < -0.3 is 4.90 Å². The molecular formula is C12H12Cl2N2. The molecule has 0 N–H and O–H groups in total. The molecule has 0 bridgehead atoms. The monoisotopic (exact) mass is 254 g/mol. The van der Waals surface area contributed by atoms with E-state index in [1.54, 1.807) is 6.20 Å². The second kappa shape index (κ2) is 4.89. The Morgan fingerprint density at radius 1 is 1.31 bits per heavy atom. The van der Waals surface area contributed by atoms with Gasteiger partial charge in [0.25, 0.3) is 0 Å². The van der Waals surface area contributed by atoms with Gasteiger partial charge in [0.05, 0.1) is 5.52 Å². The second-order valence-electron chi connectivity index (χ2n) is 3.60. The quantitative estimate of drug-likeness (QED) is 0.779. The molecule has 0 atom stereocenters. The molecule has 1 aromatic carbocycles. The third-order valence-electron chi connectivity index (χ3n) is 2.51. The highest BCUT2D eigenvalue weighted by molar-refractivity contribution is 6.31. The summed E-state index contributed by atoms with van der Waals surface area (Å²) < 4.78 is 0. The van der Waals surface area contributed by atoms with Crippen LogP contribution in [-0.2, 0) is 0 Å². The van der Waals surface area contributed by atoms with E-state index in [1.165, 1.54) is 0 Å². The first-order valence-corrected chi connectivity index (χ1v) is 5.95. The Morgan fingerprint density at radius 3 is 2.88 bits per heavy atom. The van der Waals surface area contributed by atoms with Gasteiger partial charge in [-0.25, -0.2) is 0 Å². The zero-order chi connectivity index (χ0) is 11.5. The average molecular weight is 255 g/mol. The zero-order valence-electron chi connectivity index (χ0n) is 8.95. The highest BCUT2D eigenvalue weighted by atomic mass is 35.5. The van der Waals surface area contributed by atoms with Crippen molar-refractivity contribution in [2.75, 3.05) is 24.4 Å². The fourth-order valence-electron chi connectivity index (χ4n) is 1.69. The van der Waals surface area contributed by atoms with Gasteiger partial charge in [0.2, 0.25) is 0 Å². The molecule has 0 aliphatic heterocycles. The van der Waals surface area contributed by atoms with Gasteiger partial charge in [-0.2, -0.15) is 0 Å². The third-order valence-corrected chi connectivity index (χ3v) is 2.92. The number of nitrogens with zero attached hydrogens (tertiary/aromatic N) is 2. The Morgan fingerprint density at radius 2 is 2.12 bits per heavy atom. The van der Waals surface area contributed by atoms with Crippen LogP contribution in [-0.4, -0.2) is 24.5 Å². The Hall–Kier alpha value is -0.990. The zero-order valence-corrected chi connectivity index (χ0v) is 10.5. The minimum absolute atomic E-state index is 0.605. The highest BCUT2D eigenvalue weighted by Gasteiger charge is 2.06. The van der Waals surface area contributed by atoms with E-state index < -0.39 is 0 Å². The number of hydrogen-bond donors (Lipinski definition) is 0. The van der Waals surface area contributed by atoms with Crippen LogP contribution < -0.4 is 4.90 Å². The predicted molar refractivity (Wildman–Crippen MR) is 70.7 cm³/mol. The van der Waals surface area contributed by atoms with E-state index in [1.807, 2.05) is 31.3 Å². The van der Waals surface area contributed by atoms with Crippen LogP contribution in [0.5, 0.6) is 0 Å². The Balaban J connectivity index is 2.53. The van der Waals surface area contributed by atoms with Crippen LogP contribution in [0.25, 0.3) is 10.9 Å². The SMILES string of the molecule is CN(CCCl)c1ccnc2cc(Cl)ccc12. The lowest BCUT2D eigenvalue weighted by Gasteiger charge is -2.19. The van der Waals surface area contributed by atoms with Gasteiger partial charge in [-0.05, 0) is 24.3 Å². The molecule has 0 unspecified atom stereocenters. The van der Waals surface area contributed by atoms with Crippen LogP contribution >= 0.6 is 23.2 Å². The van der Waals surface area contributed by atoms with Crippen molar-refractivity contribution in [2.45, 2.75) is 0 Å². The number of alkyl halides is 1. The van der Waals surface area contributed by atoms with Gasteiger partial charge in [-0.15, -0.1) is 11.6 Å². The lowest BCUT2D eigenvalue weighted by molar-refractivity contribution is 0.978. The summed E-state index contributed by atoms with van der Waals surface area (Å²) in [6.07, 6.45) is 1.79. The van der Waals surface area contributed by atoms with Crippen LogP contribution in [0, 0.1) is 0 Å². The standard InChI is InChI=1S/C12H12Cl2N2/c1-16(7-5-13)12-4-6-15-11-8-9(14)2-3-10(11)12/h2-4,6,8H,5,7H2,1H3. The lowest BCUT2D eigenvalue weighted by Crippen LogP contribution is -2.19. The predicted octanol–water partition coefficient (Wildman–Crippen LogP) is 3.56. The van der Waals surface area contributed by atoms with Crippen molar-refractivity contribution < 1.29 is 0 Å². The fourth-order valence-corrected chi connectivity index (χ4v) is 2.11. The van der Waals surface area contributed by atoms with E-state index in [0.29, 0.717) is 10.9 Å². The van der Waals surface area contributed by atoms with Crippen LogP contribution in [0.4, 0.5) is 5.69 Å². The summed E-state index contributed by atoms with van der Waals surface area (Å²) in [7, 11) is 2.02. The molecule has 16 heavy (non-hydrogen) atoms. The number of pyridine rings is 1. The van der Waals surface area contributed by atoms with Crippen molar-refractivity contribution in [3.05, 3.63) is 35.5 Å². The third kappa shape index (κ3) is 2.23. The van der Waals surface area contributed by atoms with Gasteiger partial charge in [-0.3, -0.25) is 4.98 Å². The maximum Gasteiger partial charge on any atom is 0.0737 e. The number of aromatic nitrogens is 1. The van der Waals surface area contributed by atoms with Crippen LogP contribution in [0.2, 0.25) is 5.02 Å². The van der Waals surface area contributed by atoms with Gasteiger partial charge in [0.1, 0.15) is 0 Å². The maximum absolute atomic E-state index is 5.94. The van der Waals surface area contributed by atoms with E-state index in [-0.39, 0.29) is 0 Å². The number of fused-ring (bicyclic) bond motifs is 1. The van der Waals surface area contributed by atoms with Crippen molar-refractivity contribution in [2.24, 2.45) is 0 Å². The number of anilines is 1. The second-order valence-corrected chi connectivity index (χ2v) is 4.42. The molecule has 2 aromatic rings. The van der Waals surface area contributed by atoms with Crippen molar-refractivity contribution in [3.63, 3.8) is 0 Å². The summed E-state index contributed by atoms with van der Waals surface area (Å²) in [6, 6.07) is 7.73. The maximum atomic E-state index is 5.94. The first-order valence-electron chi connectivity index (χ1n) is 5.04. The molecule has 0 radical (unpaired) electrons. The van der Waals surface area contributed by atoms with Crippen molar-refractivity contribution in [1.29, 1.82) is 0 Å². The van der Waals surface area contributed by atoms with Gasteiger partial charge >= 0.3 is 0 Å². The normalized spacial score (nSPS) is 10.7. The van der Waals surface area contributed by atoms with Gasteiger partial charge in [0, 0.05) is 41.8 Å². The lowest BCUT2D eigenvalue weighted by atomic mass is 10.2. The molecular weight excluding hydrogens is 243 g/mol. The first-order chi connectivity index (χ1) is 7.72. The molecule has 0 saturated carbocycles. The largest absolute Gasteiger partial charge is 0.373 e. The number of rotatable bonds is 3. The minimum atomic E-state index is 0.605. The summed E-state index contributed by atoms with van der Waals surface area (Å²) in [5, 5.41) is 1.80. The minimum Gasteiger partial charge on any atom is -0.373 e. The summed E-state index contributed by atoms with van der Waals surface area (Å²) in [5.74, 6) is 0.605. The summed E-state index contributed by atoms with van der Waals surface area (Å²) in [6.45, 7) is 0.809. The summed E-state index contributed by atoms with van der Waals surface area (Å²) in [4.78, 5) is 6.42. The Kier molecular flexibility index (Phi) is 3.52. The van der Waals surface area contributed by atoms with E-state index in [9.17, 15) is 0 Å². The highest BCUT2D eigenvalue weighted by Crippen LogP contribution is 2.26. The number of halogens is 2. The van der Waals surface area contributed by atoms with Crippen molar-refractivity contribution in [1.82, 2.24) is 4.98 Å². The van der Waals surface area contributed by atoms with Gasteiger partial charge in [-0.1, -0.05) is 11.6 Å². The molecule has 4 heteroatoms. The fraction of sp³-hybridized carbons (Fsp3) is 0.250. The molecule has 0 fully saturated rings. The van der Waals surface area contributed by atoms with E-state index in [2.05, 4.69) is 9.88 Å². The topological polar surface area (TPSA) is 16.1 Å². The Bertz CT molecular complexity index is 499. The smallest absolute Gasteiger partial charge is 0.0737 e. The molecule has 1 aromatic heterocycles. The average Bonchev–Trinajstić information content (AvgIpc) is 2.28.